The number of hydrogen-bond acceptors (Lipinski definition) is 3. The van der Waals surface area contributed by atoms with E-state index in [2.05, 4.69) is 23.1 Å². The lowest BCUT2D eigenvalue weighted by Crippen LogP contribution is -2.40. The number of aromatic nitrogens is 1. The summed E-state index contributed by atoms with van der Waals surface area (Å²) in [5.41, 5.74) is 0.998. The molecule has 0 amide bonds. The SMILES string of the molecule is O=C(O)CCC1CCCCN1c1ccc2ccccc2n1. The Kier molecular flexibility index (Phi) is 4.04. The number of carboxylic acids is 1. The van der Waals surface area contributed by atoms with E-state index in [9.17, 15) is 4.79 Å². The molecule has 21 heavy (non-hydrogen) atoms. The Balaban J connectivity index is 1.85. The molecule has 1 atom stereocenters. The fourth-order valence-electron chi connectivity index (χ4n) is 3.11. The third-order valence-corrected chi connectivity index (χ3v) is 4.20. The van der Waals surface area contributed by atoms with Gasteiger partial charge in [-0.25, -0.2) is 4.98 Å². The number of aliphatic carboxylic acids is 1. The summed E-state index contributed by atoms with van der Waals surface area (Å²) in [5.74, 6) is 0.260. The molecular formula is C17H20N2O2. The first-order valence-corrected chi connectivity index (χ1v) is 7.58. The van der Waals surface area contributed by atoms with E-state index in [1.165, 1.54) is 6.42 Å². The van der Waals surface area contributed by atoms with Crippen molar-refractivity contribution in [3.63, 3.8) is 0 Å². The fraction of sp³-hybridized carbons (Fsp3) is 0.412. The maximum Gasteiger partial charge on any atom is 0.303 e. The molecule has 1 unspecified atom stereocenters. The lowest BCUT2D eigenvalue weighted by molar-refractivity contribution is -0.137. The Labute approximate surface area is 124 Å². The maximum atomic E-state index is 10.8. The number of fused-ring (bicyclic) bond motifs is 1. The highest BCUT2D eigenvalue weighted by Gasteiger charge is 2.24. The Morgan fingerprint density at radius 2 is 2.10 bits per heavy atom. The number of anilines is 1. The van der Waals surface area contributed by atoms with Crippen LogP contribution in [-0.4, -0.2) is 28.6 Å². The molecule has 3 rings (SSSR count). The molecule has 110 valence electrons. The Hall–Kier alpha value is -2.10. The monoisotopic (exact) mass is 284 g/mol. The minimum Gasteiger partial charge on any atom is -0.481 e. The van der Waals surface area contributed by atoms with Crippen LogP contribution in [0.1, 0.15) is 32.1 Å². The van der Waals surface area contributed by atoms with Crippen LogP contribution in [0, 0.1) is 0 Å². The van der Waals surface area contributed by atoms with Crippen LogP contribution in [0.5, 0.6) is 0 Å². The van der Waals surface area contributed by atoms with Crippen LogP contribution in [0.2, 0.25) is 0 Å². The van der Waals surface area contributed by atoms with Crippen LogP contribution in [0.3, 0.4) is 0 Å². The second-order valence-corrected chi connectivity index (χ2v) is 5.64. The molecule has 0 spiro atoms. The van der Waals surface area contributed by atoms with Crippen molar-refractivity contribution in [3.05, 3.63) is 36.4 Å². The number of rotatable bonds is 4. The molecule has 4 heteroatoms. The van der Waals surface area contributed by atoms with Gasteiger partial charge in [0, 0.05) is 24.4 Å². The topological polar surface area (TPSA) is 53.4 Å². The number of pyridine rings is 1. The standard InChI is InChI=1S/C17H20N2O2/c20-17(21)11-9-14-6-3-4-12-19(14)16-10-8-13-5-1-2-7-15(13)18-16/h1-2,5,7-8,10,14H,3-4,6,9,11-12H2,(H,20,21). The van der Waals surface area contributed by atoms with Crippen LogP contribution in [-0.2, 0) is 4.79 Å². The maximum absolute atomic E-state index is 10.8. The van der Waals surface area contributed by atoms with Crippen molar-refractivity contribution in [1.29, 1.82) is 0 Å². The van der Waals surface area contributed by atoms with E-state index in [1.54, 1.807) is 0 Å². The van der Waals surface area contributed by atoms with E-state index in [1.807, 2.05) is 18.2 Å². The Morgan fingerprint density at radius 3 is 2.95 bits per heavy atom. The van der Waals surface area contributed by atoms with Gasteiger partial charge in [-0.2, -0.15) is 0 Å². The van der Waals surface area contributed by atoms with Crippen molar-refractivity contribution < 1.29 is 9.90 Å². The molecule has 1 N–H and O–H groups in total. The zero-order valence-corrected chi connectivity index (χ0v) is 12.0. The van der Waals surface area contributed by atoms with Gasteiger partial charge >= 0.3 is 5.97 Å². The number of carbonyl (C=O) groups is 1. The third-order valence-electron chi connectivity index (χ3n) is 4.20. The lowest BCUT2D eigenvalue weighted by Gasteiger charge is -2.36. The van der Waals surface area contributed by atoms with Crippen LogP contribution < -0.4 is 4.90 Å². The third kappa shape index (κ3) is 3.15. The average molecular weight is 284 g/mol. The molecule has 1 aliphatic heterocycles. The second-order valence-electron chi connectivity index (χ2n) is 5.64. The molecule has 1 fully saturated rings. The molecule has 1 saturated heterocycles. The first kappa shape index (κ1) is 13.9. The zero-order chi connectivity index (χ0) is 14.7. The van der Waals surface area contributed by atoms with Gasteiger partial charge in [0.05, 0.1) is 5.52 Å². The minimum absolute atomic E-state index is 0.231. The van der Waals surface area contributed by atoms with Gasteiger partial charge in [0.2, 0.25) is 0 Å². The van der Waals surface area contributed by atoms with E-state index in [4.69, 9.17) is 10.1 Å². The summed E-state index contributed by atoms with van der Waals surface area (Å²) in [7, 11) is 0. The molecule has 0 bridgehead atoms. The molecule has 1 aromatic heterocycles. The summed E-state index contributed by atoms with van der Waals surface area (Å²) >= 11 is 0. The van der Waals surface area contributed by atoms with Crippen LogP contribution >= 0.6 is 0 Å². The van der Waals surface area contributed by atoms with Crippen molar-refractivity contribution in [2.45, 2.75) is 38.1 Å². The molecule has 1 aliphatic rings. The molecule has 2 heterocycles. The van der Waals surface area contributed by atoms with Gasteiger partial charge < -0.3 is 10.0 Å². The highest BCUT2D eigenvalue weighted by Crippen LogP contribution is 2.27. The fourth-order valence-corrected chi connectivity index (χ4v) is 3.11. The summed E-state index contributed by atoms with van der Waals surface area (Å²) in [6, 6.07) is 12.5. The molecule has 1 aromatic carbocycles. The van der Waals surface area contributed by atoms with Crippen molar-refractivity contribution >= 4 is 22.7 Å². The van der Waals surface area contributed by atoms with Crippen molar-refractivity contribution in [2.24, 2.45) is 0 Å². The summed E-state index contributed by atoms with van der Waals surface area (Å²) < 4.78 is 0. The number of benzene rings is 1. The average Bonchev–Trinajstić information content (AvgIpc) is 2.52. The quantitative estimate of drug-likeness (QED) is 0.934. The summed E-state index contributed by atoms with van der Waals surface area (Å²) in [5, 5.41) is 10.0. The highest BCUT2D eigenvalue weighted by atomic mass is 16.4. The zero-order valence-electron chi connectivity index (χ0n) is 12.0. The molecule has 0 radical (unpaired) electrons. The van der Waals surface area contributed by atoms with Gasteiger partial charge in [-0.05, 0) is 43.9 Å². The van der Waals surface area contributed by atoms with E-state index in [0.717, 1.165) is 36.1 Å². The molecule has 0 saturated carbocycles. The van der Waals surface area contributed by atoms with Gasteiger partial charge in [0.25, 0.3) is 0 Å². The summed E-state index contributed by atoms with van der Waals surface area (Å²) in [6.45, 7) is 0.968. The molecule has 0 aliphatic carbocycles. The molecule has 4 nitrogen and oxygen atoms in total. The van der Waals surface area contributed by atoms with Crippen molar-refractivity contribution in [1.82, 2.24) is 4.98 Å². The minimum atomic E-state index is -0.716. The first-order chi connectivity index (χ1) is 10.2. The van der Waals surface area contributed by atoms with E-state index >= 15 is 0 Å². The van der Waals surface area contributed by atoms with Crippen LogP contribution in [0.4, 0.5) is 5.82 Å². The summed E-state index contributed by atoms with van der Waals surface area (Å²) in [6.07, 6.45) is 4.31. The highest BCUT2D eigenvalue weighted by molar-refractivity contribution is 5.80. The number of carboxylic acid groups (broad SMARTS) is 1. The van der Waals surface area contributed by atoms with Gasteiger partial charge in [-0.15, -0.1) is 0 Å². The predicted molar refractivity (Wildman–Crippen MR) is 83.6 cm³/mol. The first-order valence-electron chi connectivity index (χ1n) is 7.58. The van der Waals surface area contributed by atoms with Crippen molar-refractivity contribution in [3.8, 4) is 0 Å². The normalized spacial score (nSPS) is 18.9. The largest absolute Gasteiger partial charge is 0.481 e. The number of para-hydroxylation sites is 1. The van der Waals surface area contributed by atoms with E-state index < -0.39 is 5.97 Å². The van der Waals surface area contributed by atoms with Gasteiger partial charge in [-0.1, -0.05) is 18.2 Å². The van der Waals surface area contributed by atoms with Crippen LogP contribution in [0.15, 0.2) is 36.4 Å². The predicted octanol–water partition coefficient (Wildman–Crippen LogP) is 3.46. The number of hydrogen-bond donors (Lipinski definition) is 1. The number of nitrogens with zero attached hydrogens (tertiary/aromatic N) is 2. The van der Waals surface area contributed by atoms with Gasteiger partial charge in [-0.3, -0.25) is 4.79 Å². The van der Waals surface area contributed by atoms with E-state index in [0.29, 0.717) is 12.5 Å². The lowest BCUT2D eigenvalue weighted by atomic mass is 9.98. The van der Waals surface area contributed by atoms with E-state index in [-0.39, 0.29) is 6.42 Å². The van der Waals surface area contributed by atoms with Gasteiger partial charge in [0.1, 0.15) is 5.82 Å². The van der Waals surface area contributed by atoms with Crippen LogP contribution in [0.25, 0.3) is 10.9 Å². The Morgan fingerprint density at radius 1 is 1.24 bits per heavy atom. The summed E-state index contributed by atoms with van der Waals surface area (Å²) in [4.78, 5) is 17.9. The number of piperidine rings is 1. The molecule has 2 aromatic rings. The van der Waals surface area contributed by atoms with Gasteiger partial charge in [0.15, 0.2) is 0 Å². The Bertz CT molecular complexity index is 641. The smallest absolute Gasteiger partial charge is 0.303 e. The molecular weight excluding hydrogens is 264 g/mol. The second kappa shape index (κ2) is 6.12. The van der Waals surface area contributed by atoms with Crippen molar-refractivity contribution in [2.75, 3.05) is 11.4 Å².